The van der Waals surface area contributed by atoms with Crippen LogP contribution in [0.4, 0.5) is 17.1 Å². The minimum absolute atomic E-state index is 1.04. The van der Waals surface area contributed by atoms with Gasteiger partial charge < -0.3 is 4.90 Å². The van der Waals surface area contributed by atoms with E-state index < -0.39 is 0 Å². The van der Waals surface area contributed by atoms with E-state index in [1.807, 2.05) is 6.20 Å². The fraction of sp³-hybridized carbons (Fsp3) is 0. The van der Waals surface area contributed by atoms with Crippen LogP contribution in [0.5, 0.6) is 0 Å². The Morgan fingerprint density at radius 1 is 0.432 bits per heavy atom. The minimum Gasteiger partial charge on any atom is -0.309 e. The van der Waals surface area contributed by atoms with Crippen LogP contribution in [0, 0.1) is 0 Å². The van der Waals surface area contributed by atoms with Crippen LogP contribution in [0.2, 0.25) is 0 Å². The van der Waals surface area contributed by atoms with Crippen LogP contribution in [-0.4, -0.2) is 4.98 Å². The number of hydrogen-bond donors (Lipinski definition) is 0. The van der Waals surface area contributed by atoms with Crippen LogP contribution in [0.25, 0.3) is 63.7 Å². The molecular weight excluding hydrogens is 553 g/mol. The van der Waals surface area contributed by atoms with Crippen LogP contribution in [0.1, 0.15) is 0 Å². The van der Waals surface area contributed by atoms with E-state index in [-0.39, 0.29) is 0 Å². The van der Waals surface area contributed by atoms with Gasteiger partial charge in [0.05, 0.1) is 22.1 Å². The minimum atomic E-state index is 1.04. The third-order valence-corrected chi connectivity index (χ3v) is 9.76. The molecule has 0 aliphatic heterocycles. The second-order valence-corrected chi connectivity index (χ2v) is 12.3. The molecule has 0 fully saturated rings. The average Bonchev–Trinajstić information content (AvgIpc) is 3.47. The Morgan fingerprint density at radius 2 is 1.09 bits per heavy atom. The molecule has 0 spiro atoms. The molecule has 7 aromatic carbocycles. The Kier molecular flexibility index (Phi) is 5.71. The normalized spacial score (nSPS) is 11.6. The maximum atomic E-state index is 5.01. The number of nitrogens with zero attached hydrogens (tertiary/aromatic N) is 2. The van der Waals surface area contributed by atoms with E-state index in [9.17, 15) is 0 Å². The quantitative estimate of drug-likeness (QED) is 0.193. The van der Waals surface area contributed by atoms with Crippen molar-refractivity contribution in [3.05, 3.63) is 158 Å². The first-order chi connectivity index (χ1) is 21.8. The van der Waals surface area contributed by atoms with E-state index in [1.54, 1.807) is 11.3 Å². The SMILES string of the molecule is c1ccc(-c2ccc(N(c3ccc4c(ccc5ccc6ccccc6c54)c3)c3cnc4c(c3)sc3ccccc34)cc2)cc1. The van der Waals surface area contributed by atoms with Crippen LogP contribution < -0.4 is 4.90 Å². The van der Waals surface area contributed by atoms with E-state index in [2.05, 4.69) is 157 Å². The molecule has 44 heavy (non-hydrogen) atoms. The predicted molar refractivity (Wildman–Crippen MR) is 190 cm³/mol. The van der Waals surface area contributed by atoms with Gasteiger partial charge in [-0.1, -0.05) is 115 Å². The van der Waals surface area contributed by atoms with Crippen LogP contribution in [0.3, 0.4) is 0 Å². The number of fused-ring (bicyclic) bond motifs is 8. The molecule has 0 saturated heterocycles. The van der Waals surface area contributed by atoms with Gasteiger partial charge in [-0.3, -0.25) is 4.98 Å². The Morgan fingerprint density at radius 3 is 1.95 bits per heavy atom. The second-order valence-electron chi connectivity index (χ2n) is 11.2. The van der Waals surface area contributed by atoms with Crippen molar-refractivity contribution < 1.29 is 0 Å². The Hall–Kier alpha value is -5.51. The smallest absolute Gasteiger partial charge is 0.0890 e. The van der Waals surface area contributed by atoms with E-state index >= 15 is 0 Å². The largest absolute Gasteiger partial charge is 0.309 e. The zero-order chi connectivity index (χ0) is 29.0. The standard InChI is InChI=1S/C41H26N2S/c1-2-8-27(9-3-1)28-18-20-32(21-19-28)43(34-25-39-41(42-26-34)37-12-6-7-13-38(37)44-39)33-22-23-36-31(24-33)17-16-30-15-14-29-10-4-5-11-35(29)40(30)36/h1-26H. The van der Waals surface area contributed by atoms with Gasteiger partial charge in [-0.05, 0) is 79.8 Å². The van der Waals surface area contributed by atoms with E-state index in [0.29, 0.717) is 0 Å². The molecule has 0 saturated carbocycles. The van der Waals surface area contributed by atoms with Crippen molar-refractivity contribution in [2.24, 2.45) is 0 Å². The molecule has 2 heterocycles. The van der Waals surface area contributed by atoms with Gasteiger partial charge in [-0.15, -0.1) is 11.3 Å². The van der Waals surface area contributed by atoms with Crippen LogP contribution in [-0.2, 0) is 0 Å². The average molecular weight is 579 g/mol. The van der Waals surface area contributed by atoms with Crippen molar-refractivity contribution in [3.63, 3.8) is 0 Å². The maximum absolute atomic E-state index is 5.01. The van der Waals surface area contributed by atoms with Crippen molar-refractivity contribution >= 4 is 81.0 Å². The van der Waals surface area contributed by atoms with Crippen LogP contribution in [0.15, 0.2) is 158 Å². The summed E-state index contributed by atoms with van der Waals surface area (Å²) in [6, 6.07) is 54.7. The number of hydrogen-bond acceptors (Lipinski definition) is 3. The van der Waals surface area contributed by atoms with Crippen molar-refractivity contribution in [3.8, 4) is 11.1 Å². The van der Waals surface area contributed by atoms with E-state index in [0.717, 1.165) is 22.6 Å². The molecule has 2 nitrogen and oxygen atoms in total. The van der Waals surface area contributed by atoms with Gasteiger partial charge in [0, 0.05) is 21.5 Å². The third-order valence-electron chi connectivity index (χ3n) is 8.66. The van der Waals surface area contributed by atoms with Gasteiger partial charge in [0.25, 0.3) is 0 Å². The first kappa shape index (κ1) is 25.0. The van der Waals surface area contributed by atoms with Gasteiger partial charge in [0.15, 0.2) is 0 Å². The molecule has 3 heteroatoms. The monoisotopic (exact) mass is 578 g/mol. The highest BCUT2D eigenvalue weighted by Crippen LogP contribution is 2.41. The summed E-state index contributed by atoms with van der Waals surface area (Å²) in [6.45, 7) is 0. The van der Waals surface area contributed by atoms with Crippen molar-refractivity contribution in [2.45, 2.75) is 0 Å². The topological polar surface area (TPSA) is 16.1 Å². The molecule has 0 aliphatic carbocycles. The number of benzene rings is 7. The molecule has 0 atom stereocenters. The molecule has 0 aliphatic rings. The lowest BCUT2D eigenvalue weighted by atomic mass is 9.96. The zero-order valence-electron chi connectivity index (χ0n) is 23.8. The Bertz CT molecular complexity index is 2490. The molecule has 0 N–H and O–H groups in total. The molecular formula is C41H26N2S. The van der Waals surface area contributed by atoms with Crippen LogP contribution >= 0.6 is 11.3 Å². The summed E-state index contributed by atoms with van der Waals surface area (Å²) in [4.78, 5) is 7.34. The van der Waals surface area contributed by atoms with Gasteiger partial charge in [-0.25, -0.2) is 0 Å². The van der Waals surface area contributed by atoms with E-state index in [1.165, 1.54) is 58.2 Å². The van der Waals surface area contributed by atoms with Crippen molar-refractivity contribution in [1.29, 1.82) is 0 Å². The van der Waals surface area contributed by atoms with E-state index in [4.69, 9.17) is 4.98 Å². The van der Waals surface area contributed by atoms with Gasteiger partial charge in [0.2, 0.25) is 0 Å². The Balaban J connectivity index is 1.24. The van der Waals surface area contributed by atoms with Crippen molar-refractivity contribution in [1.82, 2.24) is 4.98 Å². The summed E-state index contributed by atoms with van der Waals surface area (Å²) in [5.41, 5.74) is 6.71. The highest BCUT2D eigenvalue weighted by molar-refractivity contribution is 7.25. The fourth-order valence-electron chi connectivity index (χ4n) is 6.55. The molecule has 9 aromatic rings. The van der Waals surface area contributed by atoms with Gasteiger partial charge in [0.1, 0.15) is 0 Å². The number of pyridine rings is 1. The number of rotatable bonds is 4. The molecule has 0 amide bonds. The lowest BCUT2D eigenvalue weighted by Crippen LogP contribution is -2.10. The summed E-state index contributed by atoms with van der Waals surface area (Å²) in [5.74, 6) is 0. The summed E-state index contributed by atoms with van der Waals surface area (Å²) < 4.78 is 2.45. The summed E-state index contributed by atoms with van der Waals surface area (Å²) in [6.07, 6.45) is 2.02. The first-order valence-corrected chi connectivity index (χ1v) is 15.7. The number of aromatic nitrogens is 1. The van der Waals surface area contributed by atoms with Gasteiger partial charge >= 0.3 is 0 Å². The first-order valence-electron chi connectivity index (χ1n) is 14.9. The molecule has 206 valence electrons. The molecule has 2 aromatic heterocycles. The third kappa shape index (κ3) is 4.05. The molecule has 0 radical (unpaired) electrons. The predicted octanol–water partition coefficient (Wildman–Crippen LogP) is 12.0. The summed E-state index contributed by atoms with van der Waals surface area (Å²) >= 11 is 1.80. The number of thiophene rings is 1. The molecule has 0 bridgehead atoms. The lowest BCUT2D eigenvalue weighted by Gasteiger charge is -2.26. The molecule has 9 rings (SSSR count). The Labute approximate surface area is 259 Å². The second kappa shape index (κ2) is 10.0. The molecule has 0 unspecified atom stereocenters. The fourth-order valence-corrected chi connectivity index (χ4v) is 7.65. The highest BCUT2D eigenvalue weighted by Gasteiger charge is 2.17. The van der Waals surface area contributed by atoms with Crippen molar-refractivity contribution in [2.75, 3.05) is 4.90 Å². The summed E-state index contributed by atoms with van der Waals surface area (Å²) in [5, 5.41) is 8.81. The summed E-state index contributed by atoms with van der Waals surface area (Å²) in [7, 11) is 0. The highest BCUT2D eigenvalue weighted by atomic mass is 32.1. The van der Waals surface area contributed by atoms with Gasteiger partial charge in [-0.2, -0.15) is 0 Å². The zero-order valence-corrected chi connectivity index (χ0v) is 24.6. The number of anilines is 3. The maximum Gasteiger partial charge on any atom is 0.0890 e. The lowest BCUT2D eigenvalue weighted by molar-refractivity contribution is 1.26.